The van der Waals surface area contributed by atoms with Crippen molar-refractivity contribution in [3.8, 4) is 0 Å². The summed E-state index contributed by atoms with van der Waals surface area (Å²) >= 11 is 1.73. The third-order valence-electron chi connectivity index (χ3n) is 3.36. The van der Waals surface area contributed by atoms with Crippen molar-refractivity contribution in [3.05, 3.63) is 45.9 Å². The van der Waals surface area contributed by atoms with Gasteiger partial charge in [0.15, 0.2) is 0 Å². The molecule has 0 aliphatic heterocycles. The molecule has 0 atom stereocenters. The van der Waals surface area contributed by atoms with E-state index < -0.39 is 0 Å². The third-order valence-corrected chi connectivity index (χ3v) is 4.28. The fourth-order valence-corrected chi connectivity index (χ4v) is 2.89. The Kier molecular flexibility index (Phi) is 5.56. The topological polar surface area (TPSA) is 28.2 Å². The monoisotopic (exact) mass is 289 g/mol. The summed E-state index contributed by atoms with van der Waals surface area (Å²) in [5.74, 6) is 0. The molecule has 0 spiro atoms. The number of hydrogen-bond donors (Lipinski definition) is 1. The molecule has 0 bridgehead atoms. The second-order valence-electron chi connectivity index (χ2n) is 5.06. The van der Waals surface area contributed by atoms with Gasteiger partial charge in [0.25, 0.3) is 0 Å². The van der Waals surface area contributed by atoms with Crippen LogP contribution in [-0.2, 0) is 13.1 Å². The lowest BCUT2D eigenvalue weighted by Gasteiger charge is -2.19. The van der Waals surface area contributed by atoms with E-state index in [1.54, 1.807) is 11.3 Å². The quantitative estimate of drug-likeness (QED) is 0.790. The molecule has 0 saturated carbocycles. The van der Waals surface area contributed by atoms with Crippen molar-refractivity contribution >= 4 is 17.0 Å². The van der Waals surface area contributed by atoms with Crippen molar-refractivity contribution < 1.29 is 0 Å². The molecule has 4 heteroatoms. The van der Waals surface area contributed by atoms with Crippen molar-refractivity contribution in [1.82, 2.24) is 10.3 Å². The van der Waals surface area contributed by atoms with Crippen LogP contribution in [0.1, 0.15) is 29.5 Å². The molecule has 0 radical (unpaired) electrons. The lowest BCUT2D eigenvalue weighted by Crippen LogP contribution is -2.17. The Hall–Kier alpha value is -1.39. The van der Waals surface area contributed by atoms with Crippen molar-refractivity contribution in [3.63, 3.8) is 0 Å². The minimum Gasteiger partial charge on any atom is -0.369 e. The molecular formula is C16H23N3S. The van der Waals surface area contributed by atoms with E-state index in [0.717, 1.165) is 25.3 Å². The van der Waals surface area contributed by atoms with E-state index in [2.05, 4.69) is 60.4 Å². The fourth-order valence-electron chi connectivity index (χ4n) is 2.06. The first-order valence-corrected chi connectivity index (χ1v) is 7.98. The van der Waals surface area contributed by atoms with Crippen molar-refractivity contribution in [1.29, 1.82) is 0 Å². The third kappa shape index (κ3) is 4.05. The second kappa shape index (κ2) is 7.41. The normalized spacial score (nSPS) is 10.8. The zero-order chi connectivity index (χ0) is 14.4. The minimum absolute atomic E-state index is 0.921. The molecule has 0 saturated heterocycles. The predicted molar refractivity (Wildman–Crippen MR) is 87.4 cm³/mol. The number of aryl methyl sites for hydroxylation is 1. The van der Waals surface area contributed by atoms with E-state index in [0.29, 0.717) is 0 Å². The number of hydrogen-bond acceptors (Lipinski definition) is 4. The summed E-state index contributed by atoms with van der Waals surface area (Å²) in [6.07, 6.45) is 1.18. The van der Waals surface area contributed by atoms with Crippen LogP contribution in [0.3, 0.4) is 0 Å². The van der Waals surface area contributed by atoms with Gasteiger partial charge in [0.1, 0.15) is 0 Å². The van der Waals surface area contributed by atoms with Gasteiger partial charge < -0.3 is 10.2 Å². The zero-order valence-corrected chi connectivity index (χ0v) is 13.3. The summed E-state index contributed by atoms with van der Waals surface area (Å²) in [4.78, 5) is 7.90. The van der Waals surface area contributed by atoms with Gasteiger partial charge in [-0.25, -0.2) is 4.98 Å². The molecule has 1 heterocycles. The van der Waals surface area contributed by atoms with Gasteiger partial charge in [-0.05, 0) is 37.6 Å². The van der Waals surface area contributed by atoms with Crippen molar-refractivity contribution in [2.45, 2.75) is 33.4 Å². The Balaban J connectivity index is 1.93. The smallest absolute Gasteiger partial charge is 0.0798 e. The number of anilines is 1. The molecule has 0 amide bonds. The van der Waals surface area contributed by atoms with E-state index in [4.69, 9.17) is 0 Å². The largest absolute Gasteiger partial charge is 0.369 e. The average molecular weight is 289 g/mol. The van der Waals surface area contributed by atoms with Gasteiger partial charge in [-0.15, -0.1) is 11.3 Å². The molecule has 20 heavy (non-hydrogen) atoms. The van der Waals surface area contributed by atoms with Gasteiger partial charge in [-0.3, -0.25) is 0 Å². The summed E-state index contributed by atoms with van der Waals surface area (Å²) in [5, 5.41) is 3.42. The Morgan fingerprint density at radius 2 is 2.00 bits per heavy atom. The Morgan fingerprint density at radius 1 is 1.25 bits per heavy atom. The van der Waals surface area contributed by atoms with E-state index in [-0.39, 0.29) is 0 Å². The Morgan fingerprint density at radius 3 is 2.60 bits per heavy atom. The van der Waals surface area contributed by atoms with Crippen LogP contribution in [0.2, 0.25) is 0 Å². The van der Waals surface area contributed by atoms with Crippen LogP contribution in [0, 0.1) is 6.92 Å². The molecule has 0 aliphatic carbocycles. The number of nitrogens with zero attached hydrogens (tertiary/aromatic N) is 2. The molecular weight excluding hydrogens is 266 g/mol. The number of thiazole rings is 1. The van der Waals surface area contributed by atoms with Crippen LogP contribution in [0.25, 0.3) is 0 Å². The SMILES string of the molecule is CCCNCc1ccc(N(C)Cc2scnc2C)cc1. The van der Waals surface area contributed by atoms with Crippen molar-refractivity contribution in [2.24, 2.45) is 0 Å². The van der Waals surface area contributed by atoms with Crippen LogP contribution >= 0.6 is 11.3 Å². The van der Waals surface area contributed by atoms with Crippen molar-refractivity contribution in [2.75, 3.05) is 18.5 Å². The second-order valence-corrected chi connectivity index (χ2v) is 6.00. The maximum atomic E-state index is 4.30. The summed E-state index contributed by atoms with van der Waals surface area (Å²) in [7, 11) is 2.13. The molecule has 1 aromatic heterocycles. The van der Waals surface area contributed by atoms with Gasteiger partial charge in [-0.2, -0.15) is 0 Å². The maximum Gasteiger partial charge on any atom is 0.0798 e. The minimum atomic E-state index is 0.921. The van der Waals surface area contributed by atoms with Gasteiger partial charge in [-0.1, -0.05) is 19.1 Å². The zero-order valence-electron chi connectivity index (χ0n) is 12.5. The van der Waals surface area contributed by atoms with E-state index in [9.17, 15) is 0 Å². The number of nitrogens with one attached hydrogen (secondary N) is 1. The molecule has 1 N–H and O–H groups in total. The summed E-state index contributed by atoms with van der Waals surface area (Å²) < 4.78 is 0. The lowest BCUT2D eigenvalue weighted by molar-refractivity contribution is 0.675. The number of benzene rings is 1. The first-order chi connectivity index (χ1) is 9.70. The fraction of sp³-hybridized carbons (Fsp3) is 0.438. The molecule has 108 valence electrons. The maximum absolute atomic E-state index is 4.30. The number of rotatable bonds is 7. The van der Waals surface area contributed by atoms with Gasteiger partial charge in [0.2, 0.25) is 0 Å². The van der Waals surface area contributed by atoms with Gasteiger partial charge >= 0.3 is 0 Å². The first kappa shape index (κ1) is 15.0. The van der Waals surface area contributed by atoms with Gasteiger partial charge in [0.05, 0.1) is 17.7 Å². The molecule has 0 unspecified atom stereocenters. The number of aromatic nitrogens is 1. The van der Waals surface area contributed by atoms with E-state index in [1.165, 1.54) is 22.5 Å². The predicted octanol–water partition coefficient (Wildman–Crippen LogP) is 3.59. The average Bonchev–Trinajstić information content (AvgIpc) is 2.85. The molecule has 0 aliphatic rings. The summed E-state index contributed by atoms with van der Waals surface area (Å²) in [5.41, 5.74) is 5.64. The first-order valence-electron chi connectivity index (χ1n) is 7.10. The summed E-state index contributed by atoms with van der Waals surface area (Å²) in [6.45, 7) is 7.21. The van der Waals surface area contributed by atoms with Gasteiger partial charge in [0, 0.05) is 24.2 Å². The molecule has 3 nitrogen and oxygen atoms in total. The standard InChI is InChI=1S/C16H23N3S/c1-4-9-17-10-14-5-7-15(8-6-14)19(3)11-16-13(2)18-12-20-16/h5-8,12,17H,4,9-11H2,1-3H3. The molecule has 2 rings (SSSR count). The van der Waals surface area contributed by atoms with E-state index in [1.807, 2.05) is 5.51 Å². The molecule has 2 aromatic rings. The summed E-state index contributed by atoms with van der Waals surface area (Å²) in [6, 6.07) is 8.79. The Labute approximate surface area is 125 Å². The molecule has 0 fully saturated rings. The lowest BCUT2D eigenvalue weighted by atomic mass is 10.2. The van der Waals surface area contributed by atoms with Crippen LogP contribution in [-0.4, -0.2) is 18.6 Å². The highest BCUT2D eigenvalue weighted by atomic mass is 32.1. The Bertz CT molecular complexity index is 519. The van der Waals surface area contributed by atoms with Crippen LogP contribution in [0.15, 0.2) is 29.8 Å². The van der Waals surface area contributed by atoms with Crippen LogP contribution < -0.4 is 10.2 Å². The van der Waals surface area contributed by atoms with Crippen LogP contribution in [0.4, 0.5) is 5.69 Å². The highest BCUT2D eigenvalue weighted by molar-refractivity contribution is 7.09. The highest BCUT2D eigenvalue weighted by Gasteiger charge is 2.06. The highest BCUT2D eigenvalue weighted by Crippen LogP contribution is 2.20. The molecule has 1 aromatic carbocycles. The van der Waals surface area contributed by atoms with Crippen LogP contribution in [0.5, 0.6) is 0 Å². The van der Waals surface area contributed by atoms with E-state index >= 15 is 0 Å².